The Morgan fingerprint density at radius 3 is 2.11 bits per heavy atom. The highest BCUT2D eigenvalue weighted by Gasteiger charge is 2.33. The first-order chi connectivity index (χ1) is 9.21. The fraction of sp³-hybridized carbons (Fsp3) is 0.667. The third-order valence-corrected chi connectivity index (χ3v) is 3.23. The van der Waals surface area contributed by atoms with Gasteiger partial charge in [0.1, 0.15) is 5.54 Å². The van der Waals surface area contributed by atoms with Crippen molar-refractivity contribution < 1.29 is 9.47 Å². The van der Waals surface area contributed by atoms with Gasteiger partial charge >= 0.3 is 12.0 Å². The highest BCUT2D eigenvalue weighted by atomic mass is 16.5. The van der Waals surface area contributed by atoms with Crippen LogP contribution in [0.15, 0.2) is 0 Å². The first-order valence-corrected chi connectivity index (χ1v) is 6.25. The third-order valence-electron chi connectivity index (χ3n) is 3.23. The number of ether oxygens (including phenoxy) is 2. The summed E-state index contributed by atoms with van der Waals surface area (Å²) in [6.07, 6.45) is 4.80. The molecule has 102 valence electrons. The van der Waals surface area contributed by atoms with Crippen molar-refractivity contribution >= 4 is 5.95 Å². The second-order valence-electron chi connectivity index (χ2n) is 4.51. The van der Waals surface area contributed by atoms with E-state index in [1.807, 2.05) is 0 Å². The first kappa shape index (κ1) is 13.3. The van der Waals surface area contributed by atoms with Crippen LogP contribution in [-0.2, 0) is 0 Å². The van der Waals surface area contributed by atoms with Crippen molar-refractivity contribution in [3.05, 3.63) is 0 Å². The number of nitrogens with zero attached hydrogens (tertiary/aromatic N) is 4. The molecule has 7 nitrogen and oxygen atoms in total. The monoisotopic (exact) mass is 263 g/mol. The van der Waals surface area contributed by atoms with E-state index in [0.717, 1.165) is 32.1 Å². The Morgan fingerprint density at radius 1 is 1.05 bits per heavy atom. The molecule has 2 rings (SSSR count). The van der Waals surface area contributed by atoms with E-state index < -0.39 is 5.54 Å². The predicted molar refractivity (Wildman–Crippen MR) is 68.0 cm³/mol. The van der Waals surface area contributed by atoms with E-state index in [1.165, 1.54) is 14.2 Å². The lowest BCUT2D eigenvalue weighted by molar-refractivity contribution is 0.338. The predicted octanol–water partition coefficient (Wildman–Crippen LogP) is 1.53. The van der Waals surface area contributed by atoms with Crippen molar-refractivity contribution in [1.82, 2.24) is 15.0 Å². The van der Waals surface area contributed by atoms with E-state index in [1.54, 1.807) is 0 Å². The Labute approximate surface area is 112 Å². The summed E-state index contributed by atoms with van der Waals surface area (Å²) < 4.78 is 9.98. The number of hydrogen-bond donors (Lipinski definition) is 1. The molecule has 0 aliphatic heterocycles. The molecule has 0 bridgehead atoms. The van der Waals surface area contributed by atoms with Crippen LogP contribution in [-0.4, -0.2) is 34.7 Å². The van der Waals surface area contributed by atoms with E-state index in [0.29, 0.717) is 5.95 Å². The Bertz CT molecular complexity index is 457. The summed E-state index contributed by atoms with van der Waals surface area (Å²) >= 11 is 0. The Kier molecular flexibility index (Phi) is 4.00. The Balaban J connectivity index is 2.24. The van der Waals surface area contributed by atoms with Gasteiger partial charge in [0.2, 0.25) is 5.95 Å². The fourth-order valence-corrected chi connectivity index (χ4v) is 2.21. The average molecular weight is 263 g/mol. The maximum Gasteiger partial charge on any atom is 0.324 e. The molecule has 1 saturated carbocycles. The molecule has 0 radical (unpaired) electrons. The molecule has 0 unspecified atom stereocenters. The molecule has 1 N–H and O–H groups in total. The molecule has 1 fully saturated rings. The topological polar surface area (TPSA) is 93.0 Å². The van der Waals surface area contributed by atoms with Crippen molar-refractivity contribution in [2.75, 3.05) is 19.5 Å². The molecule has 0 aromatic carbocycles. The smallest absolute Gasteiger partial charge is 0.324 e. The zero-order chi connectivity index (χ0) is 13.7. The minimum absolute atomic E-state index is 0.165. The van der Waals surface area contributed by atoms with Crippen LogP contribution in [0.5, 0.6) is 12.0 Å². The molecule has 0 saturated heterocycles. The Morgan fingerprint density at radius 2 is 1.63 bits per heavy atom. The zero-order valence-corrected chi connectivity index (χ0v) is 11.1. The standard InChI is InChI=1S/C12H17N5O2/c1-18-10-14-9(15-11(16-10)19-2)17-12(8-13)6-4-3-5-7-12/h3-7H2,1-2H3,(H,14,15,16,17). The largest absolute Gasteiger partial charge is 0.467 e. The second kappa shape index (κ2) is 5.69. The Hall–Kier alpha value is -2.10. The molecule has 1 heterocycles. The number of hydrogen-bond acceptors (Lipinski definition) is 7. The molecule has 1 aromatic heterocycles. The molecule has 1 aliphatic rings. The summed E-state index contributed by atoms with van der Waals surface area (Å²) in [4.78, 5) is 12.1. The van der Waals surface area contributed by atoms with Gasteiger partial charge < -0.3 is 14.8 Å². The van der Waals surface area contributed by atoms with Crippen molar-refractivity contribution in [3.63, 3.8) is 0 Å². The fourth-order valence-electron chi connectivity index (χ4n) is 2.21. The average Bonchev–Trinajstić information content (AvgIpc) is 2.47. The van der Waals surface area contributed by atoms with Gasteiger partial charge in [0.05, 0.1) is 20.3 Å². The van der Waals surface area contributed by atoms with Gasteiger partial charge in [0.25, 0.3) is 0 Å². The highest BCUT2D eigenvalue weighted by molar-refractivity contribution is 5.36. The second-order valence-corrected chi connectivity index (χ2v) is 4.51. The minimum Gasteiger partial charge on any atom is -0.467 e. The molecular formula is C12H17N5O2. The minimum atomic E-state index is -0.602. The summed E-state index contributed by atoms with van der Waals surface area (Å²) in [6.45, 7) is 0. The quantitative estimate of drug-likeness (QED) is 0.880. The molecule has 7 heteroatoms. The van der Waals surface area contributed by atoms with Crippen LogP contribution in [0.1, 0.15) is 32.1 Å². The van der Waals surface area contributed by atoms with E-state index in [-0.39, 0.29) is 12.0 Å². The van der Waals surface area contributed by atoms with Gasteiger partial charge in [-0.25, -0.2) is 0 Å². The molecular weight excluding hydrogens is 246 g/mol. The van der Waals surface area contributed by atoms with Crippen LogP contribution in [0.25, 0.3) is 0 Å². The van der Waals surface area contributed by atoms with Crippen LogP contribution in [0.2, 0.25) is 0 Å². The van der Waals surface area contributed by atoms with Crippen molar-refractivity contribution in [1.29, 1.82) is 5.26 Å². The van der Waals surface area contributed by atoms with Crippen LogP contribution >= 0.6 is 0 Å². The lowest BCUT2D eigenvalue weighted by atomic mass is 9.83. The van der Waals surface area contributed by atoms with Crippen LogP contribution in [0.3, 0.4) is 0 Å². The number of aromatic nitrogens is 3. The number of nitrogens with one attached hydrogen (secondary N) is 1. The van der Waals surface area contributed by atoms with Crippen molar-refractivity contribution in [2.24, 2.45) is 0 Å². The maximum atomic E-state index is 9.41. The van der Waals surface area contributed by atoms with Gasteiger partial charge in [0, 0.05) is 0 Å². The lowest BCUT2D eigenvalue weighted by Gasteiger charge is -2.31. The number of nitriles is 1. The summed E-state index contributed by atoms with van der Waals surface area (Å²) in [7, 11) is 2.94. The number of rotatable bonds is 4. The summed E-state index contributed by atoms with van der Waals surface area (Å²) in [5.74, 6) is 0.312. The van der Waals surface area contributed by atoms with Gasteiger partial charge in [-0.15, -0.1) is 4.98 Å². The maximum absolute atomic E-state index is 9.41. The summed E-state index contributed by atoms with van der Waals surface area (Å²) in [5, 5.41) is 12.5. The van der Waals surface area contributed by atoms with Crippen molar-refractivity contribution in [2.45, 2.75) is 37.6 Å². The molecule has 0 atom stereocenters. The molecule has 0 spiro atoms. The van der Waals surface area contributed by atoms with Gasteiger partial charge in [-0.3, -0.25) is 0 Å². The van der Waals surface area contributed by atoms with E-state index >= 15 is 0 Å². The molecule has 0 amide bonds. The van der Waals surface area contributed by atoms with E-state index in [4.69, 9.17) is 9.47 Å². The van der Waals surface area contributed by atoms with E-state index in [9.17, 15) is 5.26 Å². The molecule has 1 aromatic rings. The van der Waals surface area contributed by atoms with Gasteiger partial charge in [-0.1, -0.05) is 19.3 Å². The number of methoxy groups -OCH3 is 2. The summed E-state index contributed by atoms with van der Waals surface area (Å²) in [5.41, 5.74) is -0.602. The summed E-state index contributed by atoms with van der Waals surface area (Å²) in [6, 6.07) is 2.68. The van der Waals surface area contributed by atoms with Gasteiger partial charge in [-0.2, -0.15) is 15.2 Å². The van der Waals surface area contributed by atoms with Crippen molar-refractivity contribution in [3.8, 4) is 18.1 Å². The molecule has 19 heavy (non-hydrogen) atoms. The molecule has 1 aliphatic carbocycles. The van der Waals surface area contributed by atoms with Gasteiger partial charge in [-0.05, 0) is 12.8 Å². The normalized spacial score (nSPS) is 17.3. The van der Waals surface area contributed by atoms with Crippen LogP contribution in [0.4, 0.5) is 5.95 Å². The zero-order valence-electron chi connectivity index (χ0n) is 11.1. The third kappa shape index (κ3) is 3.02. The van der Waals surface area contributed by atoms with Gasteiger partial charge in [0.15, 0.2) is 0 Å². The lowest BCUT2D eigenvalue weighted by Crippen LogP contribution is -2.39. The first-order valence-electron chi connectivity index (χ1n) is 6.25. The van der Waals surface area contributed by atoms with Crippen LogP contribution < -0.4 is 14.8 Å². The highest BCUT2D eigenvalue weighted by Crippen LogP contribution is 2.30. The SMILES string of the molecule is COc1nc(NC2(C#N)CCCCC2)nc(OC)n1. The van der Waals surface area contributed by atoms with E-state index in [2.05, 4.69) is 26.3 Å². The number of anilines is 1. The van der Waals surface area contributed by atoms with Crippen LogP contribution in [0, 0.1) is 11.3 Å².